The van der Waals surface area contributed by atoms with Crippen LogP contribution in [0.15, 0.2) is 22.7 Å². The van der Waals surface area contributed by atoms with Gasteiger partial charge in [-0.15, -0.1) is 0 Å². The number of benzene rings is 1. The third-order valence-corrected chi connectivity index (χ3v) is 3.49. The van der Waals surface area contributed by atoms with Crippen LogP contribution in [0.1, 0.15) is 30.4 Å². The zero-order valence-corrected chi connectivity index (χ0v) is 9.97. The zero-order chi connectivity index (χ0) is 10.2. The van der Waals surface area contributed by atoms with Crippen LogP contribution < -0.4 is 0 Å². The first-order valence-corrected chi connectivity index (χ1v) is 5.86. The molecule has 2 rings (SSSR count). The van der Waals surface area contributed by atoms with Gasteiger partial charge in [-0.1, -0.05) is 22.0 Å². The molecular weight excluding hydrogens is 240 g/mol. The predicted octanol–water partition coefficient (Wildman–Crippen LogP) is 3.22. The summed E-state index contributed by atoms with van der Waals surface area (Å²) in [7, 11) is 0. The minimum atomic E-state index is -0.325. The van der Waals surface area contributed by atoms with Gasteiger partial charge in [0.2, 0.25) is 0 Å². The molecule has 1 nitrogen and oxygen atoms in total. The molecule has 0 unspecified atom stereocenters. The topological polar surface area (TPSA) is 20.2 Å². The Bertz CT molecular complexity index is 342. The molecule has 1 fully saturated rings. The van der Waals surface area contributed by atoms with Crippen molar-refractivity contribution in [2.45, 2.75) is 38.2 Å². The highest BCUT2D eigenvalue weighted by Crippen LogP contribution is 2.39. The quantitative estimate of drug-likeness (QED) is 0.879. The first-order valence-electron chi connectivity index (χ1n) is 5.06. The SMILES string of the molecule is Cc1ccc(Br)cc1CCC1(O)CC1. The van der Waals surface area contributed by atoms with E-state index in [4.69, 9.17) is 0 Å². The molecule has 14 heavy (non-hydrogen) atoms. The van der Waals surface area contributed by atoms with Crippen molar-refractivity contribution in [1.82, 2.24) is 0 Å². The van der Waals surface area contributed by atoms with E-state index in [9.17, 15) is 5.11 Å². The van der Waals surface area contributed by atoms with E-state index in [1.165, 1.54) is 11.1 Å². The number of halogens is 1. The van der Waals surface area contributed by atoms with Crippen LogP contribution >= 0.6 is 15.9 Å². The maximum absolute atomic E-state index is 9.74. The third-order valence-electron chi connectivity index (χ3n) is 3.00. The van der Waals surface area contributed by atoms with Gasteiger partial charge < -0.3 is 5.11 Å². The second kappa shape index (κ2) is 3.67. The fraction of sp³-hybridized carbons (Fsp3) is 0.500. The average Bonchev–Trinajstić information content (AvgIpc) is 2.87. The van der Waals surface area contributed by atoms with Gasteiger partial charge in [-0.25, -0.2) is 0 Å². The molecule has 0 atom stereocenters. The smallest absolute Gasteiger partial charge is 0.0653 e. The van der Waals surface area contributed by atoms with Crippen LogP contribution in [-0.4, -0.2) is 10.7 Å². The number of aliphatic hydroxyl groups is 1. The molecule has 1 aromatic rings. The summed E-state index contributed by atoms with van der Waals surface area (Å²) in [5.74, 6) is 0. The number of hydrogen-bond acceptors (Lipinski definition) is 1. The lowest BCUT2D eigenvalue weighted by Gasteiger charge is -2.09. The van der Waals surface area contributed by atoms with Crippen LogP contribution in [0.5, 0.6) is 0 Å². The van der Waals surface area contributed by atoms with E-state index < -0.39 is 0 Å². The minimum absolute atomic E-state index is 0.325. The maximum atomic E-state index is 9.74. The van der Waals surface area contributed by atoms with Crippen molar-refractivity contribution in [3.05, 3.63) is 33.8 Å². The van der Waals surface area contributed by atoms with Crippen LogP contribution in [-0.2, 0) is 6.42 Å². The van der Waals surface area contributed by atoms with Crippen LogP contribution in [0.3, 0.4) is 0 Å². The fourth-order valence-electron chi connectivity index (χ4n) is 1.67. The van der Waals surface area contributed by atoms with Crippen molar-refractivity contribution >= 4 is 15.9 Å². The Morgan fingerprint density at radius 2 is 2.14 bits per heavy atom. The van der Waals surface area contributed by atoms with Crippen molar-refractivity contribution in [2.24, 2.45) is 0 Å². The molecule has 1 aliphatic carbocycles. The maximum Gasteiger partial charge on any atom is 0.0653 e. The van der Waals surface area contributed by atoms with Gasteiger partial charge in [-0.05, 0) is 55.9 Å². The van der Waals surface area contributed by atoms with Gasteiger partial charge in [-0.2, -0.15) is 0 Å². The molecule has 0 spiro atoms. The number of hydrogen-bond donors (Lipinski definition) is 1. The molecule has 1 aliphatic rings. The molecule has 0 amide bonds. The van der Waals surface area contributed by atoms with E-state index in [-0.39, 0.29) is 5.60 Å². The van der Waals surface area contributed by atoms with Gasteiger partial charge >= 0.3 is 0 Å². The Labute approximate surface area is 93.3 Å². The summed E-state index contributed by atoms with van der Waals surface area (Å²) in [5, 5.41) is 9.74. The predicted molar refractivity (Wildman–Crippen MR) is 61.4 cm³/mol. The lowest BCUT2D eigenvalue weighted by atomic mass is 10.0. The zero-order valence-electron chi connectivity index (χ0n) is 8.39. The van der Waals surface area contributed by atoms with Crippen LogP contribution in [0, 0.1) is 6.92 Å². The molecule has 0 saturated heterocycles. The third kappa shape index (κ3) is 2.37. The molecule has 1 saturated carbocycles. The molecular formula is C12H15BrO. The average molecular weight is 255 g/mol. The number of rotatable bonds is 3. The molecule has 76 valence electrons. The molecule has 0 heterocycles. The highest BCUT2D eigenvalue weighted by molar-refractivity contribution is 9.10. The number of aryl methyl sites for hydroxylation is 2. The summed E-state index contributed by atoms with van der Waals surface area (Å²) < 4.78 is 1.13. The van der Waals surface area contributed by atoms with Gasteiger partial charge in [0.25, 0.3) is 0 Å². The summed E-state index contributed by atoms with van der Waals surface area (Å²) in [6.07, 6.45) is 3.87. The van der Waals surface area contributed by atoms with Crippen LogP contribution in [0.25, 0.3) is 0 Å². The van der Waals surface area contributed by atoms with Gasteiger partial charge in [0.05, 0.1) is 5.60 Å². The molecule has 0 radical (unpaired) electrons. The minimum Gasteiger partial charge on any atom is -0.390 e. The van der Waals surface area contributed by atoms with E-state index in [2.05, 4.69) is 41.1 Å². The molecule has 0 bridgehead atoms. The van der Waals surface area contributed by atoms with Crippen molar-refractivity contribution < 1.29 is 5.11 Å². The molecule has 2 heteroatoms. The van der Waals surface area contributed by atoms with E-state index in [0.717, 1.165) is 30.2 Å². The Morgan fingerprint density at radius 3 is 2.79 bits per heavy atom. The largest absolute Gasteiger partial charge is 0.390 e. The first kappa shape index (κ1) is 10.2. The summed E-state index contributed by atoms with van der Waals surface area (Å²) in [5.41, 5.74) is 2.34. The Morgan fingerprint density at radius 1 is 1.43 bits per heavy atom. The van der Waals surface area contributed by atoms with Crippen LogP contribution in [0.4, 0.5) is 0 Å². The monoisotopic (exact) mass is 254 g/mol. The summed E-state index contributed by atoms with van der Waals surface area (Å²) in [6, 6.07) is 6.34. The summed E-state index contributed by atoms with van der Waals surface area (Å²) in [4.78, 5) is 0. The lowest BCUT2D eigenvalue weighted by molar-refractivity contribution is 0.140. The van der Waals surface area contributed by atoms with Crippen LogP contribution in [0.2, 0.25) is 0 Å². The highest BCUT2D eigenvalue weighted by Gasteiger charge is 2.39. The normalized spacial score (nSPS) is 18.2. The van der Waals surface area contributed by atoms with Crippen molar-refractivity contribution in [3.8, 4) is 0 Å². The lowest BCUT2D eigenvalue weighted by Crippen LogP contribution is -2.08. The second-order valence-corrected chi connectivity index (χ2v) is 5.21. The molecule has 0 aliphatic heterocycles. The van der Waals surface area contributed by atoms with Gasteiger partial charge in [0.15, 0.2) is 0 Å². The highest BCUT2D eigenvalue weighted by atomic mass is 79.9. The van der Waals surface area contributed by atoms with Crippen molar-refractivity contribution in [2.75, 3.05) is 0 Å². The second-order valence-electron chi connectivity index (χ2n) is 4.30. The Hall–Kier alpha value is -0.340. The van der Waals surface area contributed by atoms with Crippen molar-refractivity contribution in [3.63, 3.8) is 0 Å². The standard InChI is InChI=1S/C12H15BrO/c1-9-2-3-11(13)8-10(9)4-5-12(14)6-7-12/h2-3,8,14H,4-7H2,1H3. The Balaban J connectivity index is 2.04. The molecule has 1 aromatic carbocycles. The van der Waals surface area contributed by atoms with E-state index in [0.29, 0.717) is 0 Å². The summed E-state index contributed by atoms with van der Waals surface area (Å²) >= 11 is 3.47. The first-order chi connectivity index (χ1) is 6.59. The summed E-state index contributed by atoms with van der Waals surface area (Å²) in [6.45, 7) is 2.12. The van der Waals surface area contributed by atoms with Gasteiger partial charge in [0.1, 0.15) is 0 Å². The van der Waals surface area contributed by atoms with E-state index in [1.54, 1.807) is 0 Å². The van der Waals surface area contributed by atoms with Crippen molar-refractivity contribution in [1.29, 1.82) is 0 Å². The van der Waals surface area contributed by atoms with E-state index in [1.807, 2.05) is 0 Å². The van der Waals surface area contributed by atoms with Gasteiger partial charge in [0, 0.05) is 4.47 Å². The molecule has 0 aromatic heterocycles. The molecule has 1 N–H and O–H groups in total. The fourth-order valence-corrected chi connectivity index (χ4v) is 2.08. The van der Waals surface area contributed by atoms with Gasteiger partial charge in [-0.3, -0.25) is 0 Å². The van der Waals surface area contributed by atoms with E-state index >= 15 is 0 Å². The Kier molecular flexibility index (Phi) is 2.67.